The van der Waals surface area contributed by atoms with Crippen molar-refractivity contribution in [2.45, 2.75) is 45.1 Å². The summed E-state index contributed by atoms with van der Waals surface area (Å²) < 4.78 is 0. The molecule has 0 aromatic carbocycles. The van der Waals surface area contributed by atoms with Gasteiger partial charge in [-0.1, -0.05) is 37.7 Å². The van der Waals surface area contributed by atoms with Gasteiger partial charge in [-0.15, -0.1) is 0 Å². The highest BCUT2D eigenvalue weighted by Crippen LogP contribution is 2.07. The van der Waals surface area contributed by atoms with Gasteiger partial charge in [0.15, 0.2) is 0 Å². The first-order valence-electron chi connectivity index (χ1n) is 4.50. The number of azide groups is 1. The van der Waals surface area contributed by atoms with Crippen LogP contribution in [0.15, 0.2) is 5.11 Å². The Morgan fingerprint density at radius 3 is 2.67 bits per heavy atom. The number of hydrogen-bond acceptors (Lipinski definition) is 2. The van der Waals surface area contributed by atoms with Crippen LogP contribution in [0.2, 0.25) is 0 Å². The Kier molecular flexibility index (Phi) is 7.86. The molecule has 70 valence electrons. The predicted octanol–water partition coefficient (Wildman–Crippen LogP) is 2.63. The van der Waals surface area contributed by atoms with Crippen molar-refractivity contribution in [1.29, 1.82) is 0 Å². The highest BCUT2D eigenvalue weighted by molar-refractivity contribution is 4.65. The summed E-state index contributed by atoms with van der Waals surface area (Å²) in [6, 6.07) is -0.216. The summed E-state index contributed by atoms with van der Waals surface area (Å²) in [6.07, 6.45) is 5.42. The van der Waals surface area contributed by atoms with E-state index in [-0.39, 0.29) is 12.6 Å². The van der Waals surface area contributed by atoms with Gasteiger partial charge in [-0.05, 0) is 12.0 Å². The molecule has 0 aromatic rings. The van der Waals surface area contributed by atoms with Gasteiger partial charge in [0, 0.05) is 4.91 Å². The number of aliphatic hydroxyl groups is 1. The van der Waals surface area contributed by atoms with Crippen LogP contribution in [0.4, 0.5) is 0 Å². The minimum absolute atomic E-state index is 0.0316. The van der Waals surface area contributed by atoms with Crippen molar-refractivity contribution in [3.05, 3.63) is 10.4 Å². The van der Waals surface area contributed by atoms with Crippen molar-refractivity contribution in [3.8, 4) is 0 Å². The van der Waals surface area contributed by atoms with Gasteiger partial charge >= 0.3 is 0 Å². The zero-order chi connectivity index (χ0) is 9.23. The Hall–Kier alpha value is -0.730. The fraction of sp³-hybridized carbons (Fsp3) is 1.00. The molecule has 0 saturated heterocycles. The topological polar surface area (TPSA) is 69.0 Å². The van der Waals surface area contributed by atoms with Crippen LogP contribution in [0.5, 0.6) is 0 Å². The van der Waals surface area contributed by atoms with Gasteiger partial charge in [0.05, 0.1) is 12.6 Å². The molecule has 0 saturated carbocycles. The molecule has 0 heterocycles. The lowest BCUT2D eigenvalue weighted by atomic mass is 10.1. The molecule has 0 amide bonds. The molecule has 0 radical (unpaired) electrons. The average molecular weight is 171 g/mol. The molecule has 0 aliphatic carbocycles. The number of nitrogens with zero attached hydrogens (tertiary/aromatic N) is 3. The van der Waals surface area contributed by atoms with Crippen molar-refractivity contribution in [1.82, 2.24) is 0 Å². The Morgan fingerprint density at radius 1 is 1.42 bits per heavy atom. The number of hydrogen-bond donors (Lipinski definition) is 1. The van der Waals surface area contributed by atoms with Gasteiger partial charge in [-0.3, -0.25) is 0 Å². The van der Waals surface area contributed by atoms with E-state index in [2.05, 4.69) is 16.9 Å². The Balaban J connectivity index is 3.38. The Bertz CT molecular complexity index is 143. The van der Waals surface area contributed by atoms with Crippen molar-refractivity contribution in [3.63, 3.8) is 0 Å². The third kappa shape index (κ3) is 6.01. The summed E-state index contributed by atoms with van der Waals surface area (Å²) in [5.74, 6) is 0. The lowest BCUT2D eigenvalue weighted by Gasteiger charge is -2.05. The molecule has 0 aliphatic heterocycles. The molecule has 0 spiro atoms. The van der Waals surface area contributed by atoms with Crippen molar-refractivity contribution >= 4 is 0 Å². The van der Waals surface area contributed by atoms with Crippen LogP contribution in [0.25, 0.3) is 10.4 Å². The molecule has 0 fully saturated rings. The predicted molar refractivity (Wildman–Crippen MR) is 48.8 cm³/mol. The molecule has 0 aliphatic rings. The van der Waals surface area contributed by atoms with Gasteiger partial charge in [0.25, 0.3) is 0 Å². The molecule has 4 heteroatoms. The van der Waals surface area contributed by atoms with E-state index in [1.54, 1.807) is 0 Å². The minimum Gasteiger partial charge on any atom is -0.396 e. The van der Waals surface area contributed by atoms with Gasteiger partial charge in [0.1, 0.15) is 0 Å². The molecule has 1 atom stereocenters. The van der Waals surface area contributed by atoms with Crippen molar-refractivity contribution < 1.29 is 5.11 Å². The molecule has 0 bridgehead atoms. The third-order valence-corrected chi connectivity index (χ3v) is 1.82. The maximum Gasteiger partial charge on any atom is 0.0605 e. The van der Waals surface area contributed by atoms with E-state index in [1.807, 2.05) is 0 Å². The molecule has 0 aromatic heterocycles. The maximum atomic E-state index is 8.75. The van der Waals surface area contributed by atoms with Crippen LogP contribution in [-0.4, -0.2) is 17.8 Å². The molecule has 1 N–H and O–H groups in total. The SMILES string of the molecule is CCCCCCC(CO)N=[N+]=[N-]. The van der Waals surface area contributed by atoms with Crippen LogP contribution in [-0.2, 0) is 0 Å². The Morgan fingerprint density at radius 2 is 2.17 bits per heavy atom. The quantitative estimate of drug-likeness (QED) is 0.272. The van der Waals surface area contributed by atoms with Crippen LogP contribution in [0.1, 0.15) is 39.0 Å². The normalized spacial score (nSPS) is 12.2. The third-order valence-electron chi connectivity index (χ3n) is 1.82. The van der Waals surface area contributed by atoms with Crippen LogP contribution in [0, 0.1) is 0 Å². The summed E-state index contributed by atoms with van der Waals surface area (Å²) in [4.78, 5) is 2.67. The van der Waals surface area contributed by atoms with E-state index in [4.69, 9.17) is 10.6 Å². The van der Waals surface area contributed by atoms with Crippen LogP contribution < -0.4 is 0 Å². The fourth-order valence-electron chi connectivity index (χ4n) is 1.07. The van der Waals surface area contributed by atoms with Gasteiger partial charge < -0.3 is 5.11 Å². The summed E-state index contributed by atoms with van der Waals surface area (Å²) in [5.41, 5.74) is 8.12. The zero-order valence-electron chi connectivity index (χ0n) is 7.61. The summed E-state index contributed by atoms with van der Waals surface area (Å²) >= 11 is 0. The van der Waals surface area contributed by atoms with Crippen molar-refractivity contribution in [2.75, 3.05) is 6.61 Å². The van der Waals surface area contributed by atoms with E-state index < -0.39 is 0 Å². The molecular formula is C8H17N3O. The van der Waals surface area contributed by atoms with Crippen molar-refractivity contribution in [2.24, 2.45) is 5.11 Å². The molecular weight excluding hydrogens is 154 g/mol. The first-order chi connectivity index (χ1) is 5.85. The number of unbranched alkanes of at least 4 members (excludes halogenated alkanes) is 3. The zero-order valence-corrected chi connectivity index (χ0v) is 7.61. The standard InChI is InChI=1S/C8H17N3O/c1-2-3-4-5-6-8(7-12)10-11-9/h8,12H,2-7H2,1H3. The van der Waals surface area contributed by atoms with Gasteiger partial charge in [-0.2, -0.15) is 0 Å². The fourth-order valence-corrected chi connectivity index (χ4v) is 1.07. The molecule has 1 unspecified atom stereocenters. The molecule has 4 nitrogen and oxygen atoms in total. The van der Waals surface area contributed by atoms with E-state index in [1.165, 1.54) is 12.8 Å². The second kappa shape index (κ2) is 8.37. The first-order valence-corrected chi connectivity index (χ1v) is 4.50. The minimum atomic E-state index is -0.216. The van der Waals surface area contributed by atoms with Gasteiger partial charge in [-0.25, -0.2) is 0 Å². The lowest BCUT2D eigenvalue weighted by Crippen LogP contribution is -2.08. The highest BCUT2D eigenvalue weighted by atomic mass is 16.3. The average Bonchev–Trinajstić information content (AvgIpc) is 2.10. The van der Waals surface area contributed by atoms with E-state index >= 15 is 0 Å². The largest absolute Gasteiger partial charge is 0.396 e. The highest BCUT2D eigenvalue weighted by Gasteiger charge is 2.02. The smallest absolute Gasteiger partial charge is 0.0605 e. The van der Waals surface area contributed by atoms with Crippen LogP contribution in [0.3, 0.4) is 0 Å². The summed E-state index contributed by atoms with van der Waals surface area (Å²) in [5, 5.41) is 12.2. The second-order valence-corrected chi connectivity index (χ2v) is 2.89. The number of rotatable bonds is 7. The van der Waals surface area contributed by atoms with Crippen LogP contribution >= 0.6 is 0 Å². The summed E-state index contributed by atoms with van der Waals surface area (Å²) in [7, 11) is 0. The summed E-state index contributed by atoms with van der Waals surface area (Å²) in [6.45, 7) is 2.12. The Labute approximate surface area is 73.2 Å². The lowest BCUT2D eigenvalue weighted by molar-refractivity contribution is 0.257. The monoisotopic (exact) mass is 171 g/mol. The van der Waals surface area contributed by atoms with E-state index in [0.29, 0.717) is 0 Å². The second-order valence-electron chi connectivity index (χ2n) is 2.89. The molecule has 12 heavy (non-hydrogen) atoms. The van der Waals surface area contributed by atoms with Gasteiger partial charge in [0.2, 0.25) is 0 Å². The van der Waals surface area contributed by atoms with E-state index in [0.717, 1.165) is 19.3 Å². The van der Waals surface area contributed by atoms with E-state index in [9.17, 15) is 0 Å². The maximum absolute atomic E-state index is 8.75. The first kappa shape index (κ1) is 11.3. The number of aliphatic hydroxyl groups excluding tert-OH is 1. The molecule has 0 rings (SSSR count).